The minimum absolute atomic E-state index is 0.0662. The van der Waals surface area contributed by atoms with Crippen LogP contribution in [0.25, 0.3) is 22.3 Å². The van der Waals surface area contributed by atoms with Gasteiger partial charge in [0.2, 0.25) is 0 Å². The van der Waals surface area contributed by atoms with E-state index in [0.717, 1.165) is 51.1 Å². The molecule has 0 N–H and O–H groups in total. The van der Waals surface area contributed by atoms with E-state index in [1.54, 1.807) is 0 Å². The number of aryl methyl sites for hydroxylation is 1. The smallest absolute Gasteiger partial charge is 0.137 e. The second-order valence-corrected chi connectivity index (χ2v) is 14.7. The molecule has 254 valence electrons. The average molecular weight is 677 g/mol. The minimum atomic E-state index is 0.0662. The molecule has 2 aliphatic heterocycles. The number of rotatable bonds is 5. The number of hydrogen-bond acceptors (Lipinski definition) is 5. The van der Waals surface area contributed by atoms with Crippen LogP contribution in [0.2, 0.25) is 0 Å². The minimum Gasteiger partial charge on any atom is -0.457 e. The molecule has 5 heteroatoms. The van der Waals surface area contributed by atoms with Crippen molar-refractivity contribution in [2.75, 3.05) is 21.4 Å². The van der Waals surface area contributed by atoms with Crippen LogP contribution in [0.15, 0.2) is 158 Å². The summed E-state index contributed by atoms with van der Waals surface area (Å²) in [6, 6.07) is 53.8. The summed E-state index contributed by atoms with van der Waals surface area (Å²) in [7, 11) is 0. The van der Waals surface area contributed by atoms with Gasteiger partial charge < -0.3 is 14.5 Å². The maximum atomic E-state index is 6.73. The number of pyridine rings is 1. The predicted octanol–water partition coefficient (Wildman–Crippen LogP) is 12.8. The SMILES string of the molecule is Cc1ccnc(N2c3ccccc3-c3ccccc3-c3ccc(Oc4cccc(N5CN(c6cccc(C(C)(C)C)c6)c6ccccc65)c4)cc32)c1. The van der Waals surface area contributed by atoms with Crippen LogP contribution >= 0.6 is 0 Å². The van der Waals surface area contributed by atoms with E-state index < -0.39 is 0 Å². The Bertz CT molecular complexity index is 2460. The fraction of sp³-hybridized carbons (Fsp3) is 0.128. The van der Waals surface area contributed by atoms with Gasteiger partial charge in [-0.05, 0) is 101 Å². The van der Waals surface area contributed by atoms with E-state index in [9.17, 15) is 0 Å². The van der Waals surface area contributed by atoms with Crippen molar-refractivity contribution in [3.63, 3.8) is 0 Å². The van der Waals surface area contributed by atoms with Crippen molar-refractivity contribution in [2.45, 2.75) is 33.1 Å². The highest BCUT2D eigenvalue weighted by atomic mass is 16.5. The Morgan fingerprint density at radius 2 is 1.12 bits per heavy atom. The molecule has 0 atom stereocenters. The lowest BCUT2D eigenvalue weighted by molar-refractivity contribution is 0.483. The molecular weight excluding hydrogens is 637 g/mol. The van der Waals surface area contributed by atoms with Gasteiger partial charge in [0.05, 0.1) is 22.7 Å². The molecule has 3 heterocycles. The number of para-hydroxylation sites is 3. The molecule has 0 aliphatic carbocycles. The van der Waals surface area contributed by atoms with Crippen molar-refractivity contribution in [1.29, 1.82) is 0 Å². The fourth-order valence-corrected chi connectivity index (χ4v) is 7.50. The molecule has 0 amide bonds. The third kappa shape index (κ3) is 5.55. The highest BCUT2D eigenvalue weighted by Crippen LogP contribution is 2.51. The molecule has 7 aromatic rings. The number of ether oxygens (including phenoxy) is 1. The molecule has 5 nitrogen and oxygen atoms in total. The summed E-state index contributed by atoms with van der Waals surface area (Å²) in [4.78, 5) is 11.9. The van der Waals surface area contributed by atoms with Crippen LogP contribution in [0, 0.1) is 6.92 Å². The van der Waals surface area contributed by atoms with E-state index in [4.69, 9.17) is 9.72 Å². The van der Waals surface area contributed by atoms with E-state index >= 15 is 0 Å². The number of fused-ring (bicyclic) bond motifs is 6. The molecule has 0 spiro atoms. The highest BCUT2D eigenvalue weighted by Gasteiger charge is 2.30. The van der Waals surface area contributed by atoms with Gasteiger partial charge in [-0.2, -0.15) is 0 Å². The van der Waals surface area contributed by atoms with Gasteiger partial charge >= 0.3 is 0 Å². The zero-order valence-corrected chi connectivity index (χ0v) is 29.9. The highest BCUT2D eigenvalue weighted by molar-refractivity contribution is 6.02. The molecule has 0 radical (unpaired) electrons. The van der Waals surface area contributed by atoms with Crippen molar-refractivity contribution >= 4 is 39.9 Å². The Balaban J connectivity index is 1.09. The maximum absolute atomic E-state index is 6.73. The Kier molecular flexibility index (Phi) is 7.58. The first-order chi connectivity index (χ1) is 25.3. The normalized spacial score (nSPS) is 13.2. The number of nitrogens with zero attached hydrogens (tertiary/aromatic N) is 4. The van der Waals surface area contributed by atoms with Crippen LogP contribution in [-0.2, 0) is 5.41 Å². The molecule has 0 saturated heterocycles. The molecule has 0 fully saturated rings. The van der Waals surface area contributed by atoms with Crippen LogP contribution in [0.4, 0.5) is 39.9 Å². The van der Waals surface area contributed by atoms with Crippen molar-refractivity contribution in [3.8, 4) is 33.8 Å². The van der Waals surface area contributed by atoms with Gasteiger partial charge in [0.1, 0.15) is 24.0 Å². The average Bonchev–Trinajstić information content (AvgIpc) is 3.50. The van der Waals surface area contributed by atoms with E-state index in [-0.39, 0.29) is 5.41 Å². The van der Waals surface area contributed by atoms with Gasteiger partial charge in [-0.1, -0.05) is 93.6 Å². The summed E-state index contributed by atoms with van der Waals surface area (Å²) in [5.41, 5.74) is 13.9. The van der Waals surface area contributed by atoms with E-state index in [1.165, 1.54) is 33.8 Å². The number of aromatic nitrogens is 1. The lowest BCUT2D eigenvalue weighted by atomic mass is 9.87. The number of benzene rings is 6. The Hall–Kier alpha value is -6.33. The number of hydrogen-bond donors (Lipinski definition) is 0. The van der Waals surface area contributed by atoms with Crippen molar-refractivity contribution in [1.82, 2.24) is 4.98 Å². The van der Waals surface area contributed by atoms with Crippen LogP contribution in [0.5, 0.6) is 11.5 Å². The van der Waals surface area contributed by atoms with Crippen LogP contribution in [-0.4, -0.2) is 11.7 Å². The maximum Gasteiger partial charge on any atom is 0.137 e. The molecule has 0 unspecified atom stereocenters. The molecule has 2 aliphatic rings. The quantitative estimate of drug-likeness (QED) is 0.181. The van der Waals surface area contributed by atoms with Crippen LogP contribution in [0.3, 0.4) is 0 Å². The second kappa shape index (κ2) is 12.5. The largest absolute Gasteiger partial charge is 0.457 e. The third-order valence-electron chi connectivity index (χ3n) is 10.1. The Labute approximate surface area is 306 Å². The molecule has 1 aromatic heterocycles. The monoisotopic (exact) mass is 676 g/mol. The molecule has 0 bridgehead atoms. The van der Waals surface area contributed by atoms with Crippen molar-refractivity contribution in [3.05, 3.63) is 169 Å². The lowest BCUT2D eigenvalue weighted by Gasteiger charge is -2.27. The first kappa shape index (κ1) is 31.6. The van der Waals surface area contributed by atoms with Gasteiger partial charge in [0.25, 0.3) is 0 Å². The first-order valence-corrected chi connectivity index (χ1v) is 17.9. The number of anilines is 7. The van der Waals surface area contributed by atoms with Gasteiger partial charge in [0, 0.05) is 40.8 Å². The van der Waals surface area contributed by atoms with E-state index in [1.807, 2.05) is 18.3 Å². The second-order valence-electron chi connectivity index (χ2n) is 14.7. The summed E-state index contributed by atoms with van der Waals surface area (Å²) in [6.07, 6.45) is 1.88. The first-order valence-electron chi connectivity index (χ1n) is 17.9. The molecule has 0 saturated carbocycles. The van der Waals surface area contributed by atoms with Crippen molar-refractivity contribution in [2.24, 2.45) is 0 Å². The van der Waals surface area contributed by atoms with Gasteiger partial charge in [-0.25, -0.2) is 4.98 Å². The van der Waals surface area contributed by atoms with Crippen molar-refractivity contribution < 1.29 is 4.74 Å². The lowest BCUT2D eigenvalue weighted by Crippen LogP contribution is -2.24. The Morgan fingerprint density at radius 3 is 1.81 bits per heavy atom. The Morgan fingerprint density at radius 1 is 0.519 bits per heavy atom. The zero-order chi connectivity index (χ0) is 35.4. The standard InChI is InChI=1S/C47H40N4O/c1-32-25-26-48-46(27-32)51-42-20-8-7-19-40(42)38-17-5-6-18-39(38)41-24-23-37(30-45(41)51)52-36-16-12-15-35(29-36)50-31-49(43-21-9-10-22-44(43)50)34-14-11-13-33(28-34)47(2,3)4/h5-30H,31H2,1-4H3. The summed E-state index contributed by atoms with van der Waals surface area (Å²) >= 11 is 0. The van der Waals surface area contributed by atoms with E-state index in [0.29, 0.717) is 6.67 Å². The summed E-state index contributed by atoms with van der Waals surface area (Å²) in [5.74, 6) is 2.40. The third-order valence-corrected chi connectivity index (χ3v) is 10.1. The summed E-state index contributed by atoms with van der Waals surface area (Å²) in [6.45, 7) is 9.60. The zero-order valence-electron chi connectivity index (χ0n) is 29.9. The predicted molar refractivity (Wildman–Crippen MR) is 215 cm³/mol. The molecular formula is C47H40N4O. The van der Waals surface area contributed by atoms with Gasteiger partial charge in [0.15, 0.2) is 0 Å². The topological polar surface area (TPSA) is 31.8 Å². The van der Waals surface area contributed by atoms with Crippen LogP contribution in [0.1, 0.15) is 31.9 Å². The van der Waals surface area contributed by atoms with Gasteiger partial charge in [-0.15, -0.1) is 0 Å². The van der Waals surface area contributed by atoms with E-state index in [2.05, 4.69) is 182 Å². The molecule has 52 heavy (non-hydrogen) atoms. The molecule has 9 rings (SSSR count). The molecule has 6 aromatic carbocycles. The summed E-state index contributed by atoms with van der Waals surface area (Å²) in [5, 5.41) is 0. The summed E-state index contributed by atoms with van der Waals surface area (Å²) < 4.78 is 6.73. The van der Waals surface area contributed by atoms with Gasteiger partial charge in [-0.3, -0.25) is 4.90 Å². The fourth-order valence-electron chi connectivity index (χ4n) is 7.50. The van der Waals surface area contributed by atoms with Crippen LogP contribution < -0.4 is 19.4 Å².